The minimum atomic E-state index is -0.253. The Kier molecular flexibility index (Phi) is 4.40. The molecule has 0 saturated heterocycles. The molecule has 1 heterocycles. The lowest BCUT2D eigenvalue weighted by Gasteiger charge is -2.15. The number of para-hydroxylation sites is 1. The number of esters is 1. The topological polar surface area (TPSA) is 62.4 Å². The first-order valence-corrected chi connectivity index (χ1v) is 6.52. The van der Waals surface area contributed by atoms with Gasteiger partial charge in [-0.05, 0) is 18.6 Å². The van der Waals surface area contributed by atoms with Crippen LogP contribution in [-0.4, -0.2) is 42.5 Å². The summed E-state index contributed by atoms with van der Waals surface area (Å²) in [6, 6.07) is 9.59. The first kappa shape index (κ1) is 14.1. The fraction of sp³-hybridized carbons (Fsp3) is 0.333. The molecule has 0 bridgehead atoms. The second-order valence-corrected chi connectivity index (χ2v) is 4.68. The average molecular weight is 274 g/mol. The van der Waals surface area contributed by atoms with Gasteiger partial charge in [0.2, 0.25) is 0 Å². The normalized spacial score (nSPS) is 10.5. The zero-order valence-corrected chi connectivity index (χ0v) is 11.7. The van der Waals surface area contributed by atoms with E-state index >= 15 is 0 Å². The van der Waals surface area contributed by atoms with Crippen LogP contribution in [0.4, 0.5) is 0 Å². The molecule has 1 aromatic carbocycles. The van der Waals surface area contributed by atoms with Crippen LogP contribution in [0.15, 0.2) is 30.3 Å². The van der Waals surface area contributed by atoms with Gasteiger partial charge in [0.25, 0.3) is 5.91 Å². The van der Waals surface area contributed by atoms with E-state index in [2.05, 4.69) is 9.72 Å². The molecular weight excluding hydrogens is 256 g/mol. The second kappa shape index (κ2) is 6.23. The quantitative estimate of drug-likeness (QED) is 0.850. The highest BCUT2D eigenvalue weighted by Crippen LogP contribution is 2.15. The molecule has 5 heteroatoms. The smallest absolute Gasteiger partial charge is 0.305 e. The van der Waals surface area contributed by atoms with Gasteiger partial charge in [0, 0.05) is 30.9 Å². The van der Waals surface area contributed by atoms with Crippen molar-refractivity contribution in [2.75, 3.05) is 20.7 Å². The molecule has 0 aliphatic carbocycles. The number of aromatic nitrogens is 1. The van der Waals surface area contributed by atoms with Crippen LogP contribution in [0.2, 0.25) is 0 Å². The lowest BCUT2D eigenvalue weighted by atomic mass is 10.2. The largest absolute Gasteiger partial charge is 0.469 e. The second-order valence-electron chi connectivity index (χ2n) is 4.68. The van der Waals surface area contributed by atoms with Gasteiger partial charge < -0.3 is 14.6 Å². The standard InChI is InChI=1S/C15H18N2O3/c1-17(9-5-8-14(18)20-2)15(19)13-10-11-6-3-4-7-12(11)16-13/h3-4,6-7,10,16H,5,8-9H2,1-2H3. The Morgan fingerprint density at radius 3 is 2.75 bits per heavy atom. The summed E-state index contributed by atoms with van der Waals surface area (Å²) in [6.07, 6.45) is 0.913. The van der Waals surface area contributed by atoms with E-state index in [1.165, 1.54) is 7.11 Å². The van der Waals surface area contributed by atoms with E-state index < -0.39 is 0 Å². The maximum atomic E-state index is 12.2. The van der Waals surface area contributed by atoms with Gasteiger partial charge in [-0.15, -0.1) is 0 Å². The number of methoxy groups -OCH3 is 1. The van der Waals surface area contributed by atoms with Crippen molar-refractivity contribution in [1.82, 2.24) is 9.88 Å². The van der Waals surface area contributed by atoms with Crippen molar-refractivity contribution in [2.24, 2.45) is 0 Å². The van der Waals surface area contributed by atoms with Gasteiger partial charge in [-0.1, -0.05) is 18.2 Å². The Labute approximate surface area is 117 Å². The summed E-state index contributed by atoms with van der Waals surface area (Å²) < 4.78 is 4.57. The number of carbonyl (C=O) groups excluding carboxylic acids is 2. The van der Waals surface area contributed by atoms with Crippen LogP contribution in [-0.2, 0) is 9.53 Å². The van der Waals surface area contributed by atoms with Crippen molar-refractivity contribution >= 4 is 22.8 Å². The number of rotatable bonds is 5. The van der Waals surface area contributed by atoms with E-state index in [9.17, 15) is 9.59 Å². The maximum Gasteiger partial charge on any atom is 0.305 e. The molecule has 0 aliphatic rings. The highest BCUT2D eigenvalue weighted by Gasteiger charge is 2.14. The lowest BCUT2D eigenvalue weighted by Crippen LogP contribution is -2.28. The van der Waals surface area contributed by atoms with Crippen molar-refractivity contribution in [3.8, 4) is 0 Å². The summed E-state index contributed by atoms with van der Waals surface area (Å²) in [7, 11) is 3.09. The van der Waals surface area contributed by atoms with E-state index in [0.717, 1.165) is 10.9 Å². The third-order valence-corrected chi connectivity index (χ3v) is 3.21. The molecule has 1 amide bonds. The van der Waals surface area contributed by atoms with Gasteiger partial charge in [-0.25, -0.2) is 0 Å². The van der Waals surface area contributed by atoms with Crippen molar-refractivity contribution < 1.29 is 14.3 Å². The van der Waals surface area contributed by atoms with E-state index in [1.807, 2.05) is 30.3 Å². The van der Waals surface area contributed by atoms with Gasteiger partial charge in [-0.3, -0.25) is 9.59 Å². The molecule has 1 aromatic heterocycles. The maximum absolute atomic E-state index is 12.2. The highest BCUT2D eigenvalue weighted by atomic mass is 16.5. The van der Waals surface area contributed by atoms with Crippen LogP contribution in [0.25, 0.3) is 10.9 Å². The Balaban J connectivity index is 1.97. The van der Waals surface area contributed by atoms with E-state index in [1.54, 1.807) is 11.9 Å². The molecule has 0 radical (unpaired) electrons. The summed E-state index contributed by atoms with van der Waals surface area (Å²) in [4.78, 5) is 28.0. The highest BCUT2D eigenvalue weighted by molar-refractivity contribution is 5.97. The molecular formula is C15H18N2O3. The van der Waals surface area contributed by atoms with Crippen LogP contribution in [0.1, 0.15) is 23.3 Å². The number of nitrogens with zero attached hydrogens (tertiary/aromatic N) is 1. The number of ether oxygens (including phenoxy) is 1. The average Bonchev–Trinajstić information content (AvgIpc) is 2.89. The summed E-state index contributed by atoms with van der Waals surface area (Å²) in [5, 5.41) is 1.01. The number of carbonyl (C=O) groups is 2. The van der Waals surface area contributed by atoms with Crippen molar-refractivity contribution in [3.63, 3.8) is 0 Å². The summed E-state index contributed by atoms with van der Waals surface area (Å²) in [6.45, 7) is 0.517. The van der Waals surface area contributed by atoms with Gasteiger partial charge in [-0.2, -0.15) is 0 Å². The zero-order chi connectivity index (χ0) is 14.5. The number of benzene rings is 1. The number of hydrogen-bond acceptors (Lipinski definition) is 3. The first-order valence-electron chi connectivity index (χ1n) is 6.52. The van der Waals surface area contributed by atoms with Crippen LogP contribution in [0.5, 0.6) is 0 Å². The number of hydrogen-bond donors (Lipinski definition) is 1. The number of fused-ring (bicyclic) bond motifs is 1. The SMILES string of the molecule is COC(=O)CCCN(C)C(=O)c1cc2ccccc2[nH]1. The molecule has 106 valence electrons. The molecule has 0 atom stereocenters. The first-order chi connectivity index (χ1) is 9.61. The molecule has 0 unspecified atom stereocenters. The van der Waals surface area contributed by atoms with E-state index in [-0.39, 0.29) is 11.9 Å². The Bertz CT molecular complexity index is 585. The number of amides is 1. The molecule has 2 rings (SSSR count). The number of aromatic amines is 1. The number of nitrogens with one attached hydrogen (secondary N) is 1. The van der Waals surface area contributed by atoms with Crippen LogP contribution in [0, 0.1) is 0 Å². The predicted molar refractivity (Wildman–Crippen MR) is 76.5 cm³/mol. The number of H-pyrrole nitrogens is 1. The Hall–Kier alpha value is -2.30. The van der Waals surface area contributed by atoms with Crippen LogP contribution >= 0.6 is 0 Å². The van der Waals surface area contributed by atoms with E-state index in [0.29, 0.717) is 25.1 Å². The minimum Gasteiger partial charge on any atom is -0.469 e. The van der Waals surface area contributed by atoms with Crippen molar-refractivity contribution in [2.45, 2.75) is 12.8 Å². The summed E-state index contributed by atoms with van der Waals surface area (Å²) >= 11 is 0. The molecule has 2 aromatic rings. The third-order valence-electron chi connectivity index (χ3n) is 3.21. The lowest BCUT2D eigenvalue weighted by molar-refractivity contribution is -0.140. The monoisotopic (exact) mass is 274 g/mol. The predicted octanol–water partition coefficient (Wildman–Crippen LogP) is 2.19. The van der Waals surface area contributed by atoms with Crippen molar-refractivity contribution in [1.29, 1.82) is 0 Å². The van der Waals surface area contributed by atoms with Crippen LogP contribution < -0.4 is 0 Å². The third kappa shape index (κ3) is 3.17. The minimum absolute atomic E-state index is 0.0777. The van der Waals surface area contributed by atoms with Crippen LogP contribution in [0.3, 0.4) is 0 Å². The Morgan fingerprint density at radius 2 is 2.05 bits per heavy atom. The van der Waals surface area contributed by atoms with Gasteiger partial charge in [0.1, 0.15) is 5.69 Å². The molecule has 0 saturated carbocycles. The molecule has 0 fully saturated rings. The summed E-state index contributed by atoms with van der Waals surface area (Å²) in [5.41, 5.74) is 1.51. The molecule has 0 aliphatic heterocycles. The zero-order valence-electron chi connectivity index (χ0n) is 11.7. The molecule has 5 nitrogen and oxygen atoms in total. The van der Waals surface area contributed by atoms with Gasteiger partial charge in [0.15, 0.2) is 0 Å². The molecule has 20 heavy (non-hydrogen) atoms. The molecule has 0 spiro atoms. The van der Waals surface area contributed by atoms with Gasteiger partial charge in [0.05, 0.1) is 7.11 Å². The van der Waals surface area contributed by atoms with Gasteiger partial charge >= 0.3 is 5.97 Å². The van der Waals surface area contributed by atoms with Crippen molar-refractivity contribution in [3.05, 3.63) is 36.0 Å². The molecule has 1 N–H and O–H groups in total. The fourth-order valence-corrected chi connectivity index (χ4v) is 2.06. The fourth-order valence-electron chi connectivity index (χ4n) is 2.06. The Morgan fingerprint density at radius 1 is 1.30 bits per heavy atom. The van der Waals surface area contributed by atoms with E-state index in [4.69, 9.17) is 0 Å². The summed E-state index contributed by atoms with van der Waals surface area (Å²) in [5.74, 6) is -0.331.